The van der Waals surface area contributed by atoms with Crippen molar-refractivity contribution < 1.29 is 19.1 Å². The van der Waals surface area contributed by atoms with Crippen LogP contribution in [0.1, 0.15) is 34.2 Å². The van der Waals surface area contributed by atoms with Gasteiger partial charge in [0.1, 0.15) is 0 Å². The number of ketones is 1. The third kappa shape index (κ3) is 4.26. The minimum absolute atomic E-state index is 0.0413. The lowest BCUT2D eigenvalue weighted by molar-refractivity contribution is -0.155. The molecule has 0 aliphatic rings. The second-order valence-corrected chi connectivity index (χ2v) is 5.53. The van der Waals surface area contributed by atoms with E-state index >= 15 is 0 Å². The Labute approximate surface area is 131 Å². The van der Waals surface area contributed by atoms with Crippen molar-refractivity contribution in [1.82, 2.24) is 0 Å². The molecule has 1 atom stereocenters. The van der Waals surface area contributed by atoms with Gasteiger partial charge in [0.25, 0.3) is 5.91 Å². The maximum Gasteiger partial charge on any atom is 0.307 e. The molecular formula is C16H15NO4S. The Kier molecular flexibility index (Phi) is 5.43. The number of Topliss-reactive ketones (excluding diaryl/α,β-unsaturated/α-hetero) is 1. The Morgan fingerprint density at radius 3 is 2.36 bits per heavy atom. The average molecular weight is 317 g/mol. The first-order chi connectivity index (χ1) is 10.6. The van der Waals surface area contributed by atoms with Gasteiger partial charge >= 0.3 is 5.97 Å². The van der Waals surface area contributed by atoms with Crippen LogP contribution in [0.3, 0.4) is 0 Å². The van der Waals surface area contributed by atoms with Gasteiger partial charge in [0, 0.05) is 12.0 Å². The molecule has 5 nitrogen and oxygen atoms in total. The number of rotatable bonds is 7. The Balaban J connectivity index is 1.92. The van der Waals surface area contributed by atoms with Crippen LogP contribution in [0.2, 0.25) is 0 Å². The Bertz CT molecular complexity index is 652. The quantitative estimate of drug-likeness (QED) is 0.628. The molecule has 114 valence electrons. The van der Waals surface area contributed by atoms with Crippen molar-refractivity contribution in [3.05, 3.63) is 58.3 Å². The number of carbonyl (C=O) groups excluding carboxylic acids is 3. The summed E-state index contributed by atoms with van der Waals surface area (Å²) in [5.74, 6) is -1.50. The molecule has 22 heavy (non-hydrogen) atoms. The molecule has 1 aromatic heterocycles. The number of nitrogens with two attached hydrogens (primary N) is 1. The largest absolute Gasteiger partial charge is 0.447 e. The molecule has 0 radical (unpaired) electrons. The van der Waals surface area contributed by atoms with E-state index in [9.17, 15) is 14.4 Å². The van der Waals surface area contributed by atoms with E-state index in [1.165, 1.54) is 11.3 Å². The van der Waals surface area contributed by atoms with Crippen LogP contribution in [0, 0.1) is 0 Å². The Morgan fingerprint density at radius 1 is 1.05 bits per heavy atom. The molecule has 2 N–H and O–H groups in total. The predicted molar refractivity (Wildman–Crippen MR) is 82.4 cm³/mol. The second kappa shape index (κ2) is 7.51. The van der Waals surface area contributed by atoms with Gasteiger partial charge < -0.3 is 10.5 Å². The smallest absolute Gasteiger partial charge is 0.307 e. The topological polar surface area (TPSA) is 86.5 Å². The molecule has 0 aliphatic carbocycles. The molecule has 0 unspecified atom stereocenters. The van der Waals surface area contributed by atoms with Crippen molar-refractivity contribution >= 4 is 29.0 Å². The highest BCUT2D eigenvalue weighted by Gasteiger charge is 2.22. The Hall–Kier alpha value is -2.47. The van der Waals surface area contributed by atoms with E-state index in [0.717, 1.165) is 0 Å². The minimum Gasteiger partial charge on any atom is -0.447 e. The van der Waals surface area contributed by atoms with E-state index in [-0.39, 0.29) is 18.6 Å². The van der Waals surface area contributed by atoms with Crippen LogP contribution in [0.5, 0.6) is 0 Å². The summed E-state index contributed by atoms with van der Waals surface area (Å²) >= 11 is 1.32. The maximum atomic E-state index is 11.8. The van der Waals surface area contributed by atoms with Gasteiger partial charge in [-0.3, -0.25) is 14.4 Å². The molecule has 1 amide bonds. The Morgan fingerprint density at radius 2 is 1.77 bits per heavy atom. The summed E-state index contributed by atoms with van der Waals surface area (Å²) in [4.78, 5) is 35.7. The van der Waals surface area contributed by atoms with Crippen LogP contribution in [0.15, 0.2) is 47.8 Å². The molecule has 1 aromatic carbocycles. The third-order valence-corrected chi connectivity index (χ3v) is 3.87. The van der Waals surface area contributed by atoms with E-state index in [1.807, 2.05) is 0 Å². The van der Waals surface area contributed by atoms with E-state index in [0.29, 0.717) is 10.4 Å². The molecule has 0 fully saturated rings. The number of carbonyl (C=O) groups is 3. The van der Waals surface area contributed by atoms with Gasteiger partial charge in [-0.25, -0.2) is 0 Å². The summed E-state index contributed by atoms with van der Waals surface area (Å²) < 4.78 is 5.10. The number of thiophene rings is 1. The maximum absolute atomic E-state index is 11.8. The first-order valence-corrected chi connectivity index (χ1v) is 7.56. The van der Waals surface area contributed by atoms with Gasteiger partial charge in [-0.1, -0.05) is 36.4 Å². The highest BCUT2D eigenvalue weighted by Crippen LogP contribution is 2.18. The van der Waals surface area contributed by atoms with Crippen LogP contribution in [-0.4, -0.2) is 17.7 Å². The number of esters is 1. The summed E-state index contributed by atoms with van der Waals surface area (Å²) in [5, 5.41) is 1.80. The molecule has 0 spiro atoms. The molecule has 0 saturated carbocycles. The first-order valence-electron chi connectivity index (χ1n) is 6.68. The van der Waals surface area contributed by atoms with Crippen LogP contribution < -0.4 is 5.73 Å². The highest BCUT2D eigenvalue weighted by molar-refractivity contribution is 7.12. The van der Waals surface area contributed by atoms with Crippen molar-refractivity contribution in [3.63, 3.8) is 0 Å². The van der Waals surface area contributed by atoms with Crippen molar-refractivity contribution in [1.29, 1.82) is 0 Å². The van der Waals surface area contributed by atoms with E-state index in [1.54, 1.807) is 47.8 Å². The SMILES string of the molecule is NC(=O)[C@@H](OC(=O)CCC(=O)c1cccs1)c1ccccc1. The molecular weight excluding hydrogens is 302 g/mol. The fourth-order valence-electron chi connectivity index (χ4n) is 1.88. The zero-order valence-electron chi connectivity index (χ0n) is 11.7. The molecule has 1 heterocycles. The highest BCUT2D eigenvalue weighted by atomic mass is 32.1. The molecule has 0 bridgehead atoms. The zero-order valence-corrected chi connectivity index (χ0v) is 12.5. The van der Waals surface area contributed by atoms with Gasteiger partial charge in [0.05, 0.1) is 11.3 Å². The number of ether oxygens (including phenoxy) is 1. The lowest BCUT2D eigenvalue weighted by Crippen LogP contribution is -2.26. The molecule has 2 rings (SSSR count). The lowest BCUT2D eigenvalue weighted by Gasteiger charge is -2.14. The predicted octanol–water partition coefficient (Wildman–Crippen LogP) is 2.48. The second-order valence-electron chi connectivity index (χ2n) is 4.58. The average Bonchev–Trinajstić information content (AvgIpc) is 3.05. The van der Waals surface area contributed by atoms with Crippen LogP contribution in [0.25, 0.3) is 0 Å². The van der Waals surface area contributed by atoms with E-state index in [2.05, 4.69) is 0 Å². The molecule has 2 aromatic rings. The van der Waals surface area contributed by atoms with Crippen LogP contribution in [0.4, 0.5) is 0 Å². The fraction of sp³-hybridized carbons (Fsp3) is 0.188. The van der Waals surface area contributed by atoms with E-state index in [4.69, 9.17) is 10.5 Å². The van der Waals surface area contributed by atoms with Crippen molar-refractivity contribution in [3.8, 4) is 0 Å². The zero-order chi connectivity index (χ0) is 15.9. The van der Waals surface area contributed by atoms with Gasteiger partial charge in [0.15, 0.2) is 5.78 Å². The number of amides is 1. The first kappa shape index (κ1) is 15.9. The summed E-state index contributed by atoms with van der Waals surface area (Å²) in [7, 11) is 0. The van der Waals surface area contributed by atoms with Crippen LogP contribution in [-0.2, 0) is 14.3 Å². The third-order valence-electron chi connectivity index (χ3n) is 2.96. The van der Waals surface area contributed by atoms with Gasteiger partial charge in [0.2, 0.25) is 6.10 Å². The fourth-order valence-corrected chi connectivity index (χ4v) is 2.58. The van der Waals surface area contributed by atoms with E-state index < -0.39 is 18.0 Å². The molecule has 0 saturated heterocycles. The van der Waals surface area contributed by atoms with Crippen molar-refractivity contribution in [2.45, 2.75) is 18.9 Å². The number of hydrogen-bond acceptors (Lipinski definition) is 5. The number of hydrogen-bond donors (Lipinski definition) is 1. The summed E-state index contributed by atoms with van der Waals surface area (Å²) in [6.45, 7) is 0. The number of primary amides is 1. The number of benzene rings is 1. The van der Waals surface area contributed by atoms with Crippen molar-refractivity contribution in [2.24, 2.45) is 5.73 Å². The molecule has 0 aliphatic heterocycles. The summed E-state index contributed by atoms with van der Waals surface area (Å²) in [6.07, 6.45) is -1.18. The van der Waals surface area contributed by atoms with Gasteiger partial charge in [-0.15, -0.1) is 11.3 Å². The molecule has 6 heteroatoms. The monoisotopic (exact) mass is 317 g/mol. The van der Waals surface area contributed by atoms with Crippen LogP contribution >= 0.6 is 11.3 Å². The minimum atomic E-state index is -1.13. The van der Waals surface area contributed by atoms with Gasteiger partial charge in [-0.05, 0) is 11.4 Å². The normalized spacial score (nSPS) is 11.6. The standard InChI is InChI=1S/C16H15NO4S/c17-16(20)15(11-5-2-1-3-6-11)21-14(19)9-8-12(18)13-7-4-10-22-13/h1-7,10,15H,8-9H2,(H2,17,20)/t15-/m0/s1. The van der Waals surface area contributed by atoms with Gasteiger partial charge in [-0.2, -0.15) is 0 Å². The lowest BCUT2D eigenvalue weighted by atomic mass is 10.1. The summed E-state index contributed by atoms with van der Waals surface area (Å²) in [6, 6.07) is 12.0. The van der Waals surface area contributed by atoms with Crippen molar-refractivity contribution in [2.75, 3.05) is 0 Å². The summed E-state index contributed by atoms with van der Waals surface area (Å²) in [5.41, 5.74) is 5.78.